The molecule has 1 N–H and O–H groups in total. The first-order chi connectivity index (χ1) is 8.69. The van der Waals surface area contributed by atoms with Gasteiger partial charge in [-0.25, -0.2) is 9.37 Å². The Morgan fingerprint density at radius 3 is 3.00 bits per heavy atom. The zero-order chi connectivity index (χ0) is 13.0. The van der Waals surface area contributed by atoms with Crippen LogP contribution < -0.4 is 5.43 Å². The van der Waals surface area contributed by atoms with Gasteiger partial charge >= 0.3 is 0 Å². The number of hydrazone groups is 1. The molecule has 0 saturated carbocycles. The summed E-state index contributed by atoms with van der Waals surface area (Å²) in [6.07, 6.45) is 1.45. The quantitative estimate of drug-likeness (QED) is 0.524. The topological polar surface area (TPSA) is 37.3 Å². The monoisotopic (exact) mass is 327 g/mol. The lowest BCUT2D eigenvalue weighted by atomic mass is 10.1. The number of benzene rings is 1. The van der Waals surface area contributed by atoms with Crippen molar-refractivity contribution in [1.29, 1.82) is 0 Å². The molecule has 0 saturated heterocycles. The van der Waals surface area contributed by atoms with Crippen molar-refractivity contribution < 1.29 is 4.39 Å². The van der Waals surface area contributed by atoms with Gasteiger partial charge in [0, 0.05) is 16.3 Å². The van der Waals surface area contributed by atoms with E-state index in [0.717, 1.165) is 11.3 Å². The van der Waals surface area contributed by atoms with Crippen LogP contribution in [-0.2, 0) is 5.33 Å². The van der Waals surface area contributed by atoms with E-state index in [1.807, 2.05) is 18.4 Å². The van der Waals surface area contributed by atoms with E-state index in [0.29, 0.717) is 16.0 Å². The molecular formula is C12H11BrFN3S. The summed E-state index contributed by atoms with van der Waals surface area (Å²) in [7, 11) is 0. The second-order valence-electron chi connectivity index (χ2n) is 3.65. The first-order valence-corrected chi connectivity index (χ1v) is 7.25. The minimum absolute atomic E-state index is 0.284. The van der Waals surface area contributed by atoms with Gasteiger partial charge in [-0.05, 0) is 18.6 Å². The summed E-state index contributed by atoms with van der Waals surface area (Å²) in [6, 6.07) is 5.04. The number of thiazole rings is 1. The highest BCUT2D eigenvalue weighted by Gasteiger charge is 2.01. The molecule has 2 rings (SSSR count). The maximum absolute atomic E-state index is 13.6. The molecule has 0 atom stereocenters. The molecule has 1 heterocycles. The van der Waals surface area contributed by atoms with Crippen LogP contribution in [0.5, 0.6) is 0 Å². The van der Waals surface area contributed by atoms with Crippen molar-refractivity contribution in [3.05, 3.63) is 46.2 Å². The number of hydrogen-bond donors (Lipinski definition) is 1. The third-order valence-electron chi connectivity index (χ3n) is 2.20. The van der Waals surface area contributed by atoms with Crippen LogP contribution in [-0.4, -0.2) is 11.2 Å². The molecule has 0 radical (unpaired) electrons. The van der Waals surface area contributed by atoms with Crippen LogP contribution in [0.15, 0.2) is 28.7 Å². The van der Waals surface area contributed by atoms with Crippen LogP contribution >= 0.6 is 27.3 Å². The minimum Gasteiger partial charge on any atom is -0.253 e. The van der Waals surface area contributed by atoms with Crippen molar-refractivity contribution in [2.75, 3.05) is 5.43 Å². The second kappa shape index (κ2) is 6.06. The fourth-order valence-electron chi connectivity index (χ4n) is 1.32. The van der Waals surface area contributed by atoms with E-state index in [1.165, 1.54) is 23.6 Å². The van der Waals surface area contributed by atoms with Gasteiger partial charge in [-0.1, -0.05) is 28.1 Å². The summed E-state index contributed by atoms with van der Waals surface area (Å²) >= 11 is 4.74. The Morgan fingerprint density at radius 2 is 2.39 bits per heavy atom. The smallest absolute Gasteiger partial charge is 0.203 e. The van der Waals surface area contributed by atoms with E-state index in [2.05, 4.69) is 31.4 Å². The zero-order valence-electron chi connectivity index (χ0n) is 9.65. The summed E-state index contributed by atoms with van der Waals surface area (Å²) in [4.78, 5) is 4.19. The Hall–Kier alpha value is -1.27. The molecule has 6 heteroatoms. The van der Waals surface area contributed by atoms with E-state index >= 15 is 0 Å². The first kappa shape index (κ1) is 13.2. The molecule has 3 nitrogen and oxygen atoms in total. The third kappa shape index (κ3) is 3.36. The Balaban J connectivity index is 2.05. The van der Waals surface area contributed by atoms with Crippen LogP contribution in [0, 0.1) is 12.7 Å². The highest BCUT2D eigenvalue weighted by atomic mass is 79.9. The molecule has 18 heavy (non-hydrogen) atoms. The van der Waals surface area contributed by atoms with Crippen molar-refractivity contribution in [2.45, 2.75) is 12.3 Å². The molecular weight excluding hydrogens is 317 g/mol. The second-order valence-corrected chi connectivity index (χ2v) is 5.07. The predicted molar refractivity (Wildman–Crippen MR) is 77.1 cm³/mol. The molecule has 0 amide bonds. The van der Waals surface area contributed by atoms with Gasteiger partial charge in [0.25, 0.3) is 0 Å². The number of halogens is 2. The van der Waals surface area contributed by atoms with Crippen LogP contribution in [0.3, 0.4) is 0 Å². The van der Waals surface area contributed by atoms with E-state index in [1.54, 1.807) is 6.07 Å². The molecule has 1 aromatic carbocycles. The Bertz CT molecular complexity index is 568. The average molecular weight is 328 g/mol. The van der Waals surface area contributed by atoms with Crippen molar-refractivity contribution in [3.8, 4) is 0 Å². The maximum atomic E-state index is 13.6. The fraction of sp³-hybridized carbons (Fsp3) is 0.167. The van der Waals surface area contributed by atoms with E-state index < -0.39 is 0 Å². The third-order valence-corrected chi connectivity index (χ3v) is 3.71. The molecule has 0 bridgehead atoms. The Labute approximate surface area is 117 Å². The van der Waals surface area contributed by atoms with Crippen LogP contribution in [0.2, 0.25) is 0 Å². The number of anilines is 1. The van der Waals surface area contributed by atoms with Crippen LogP contribution in [0.4, 0.5) is 9.52 Å². The van der Waals surface area contributed by atoms with Crippen molar-refractivity contribution >= 4 is 38.6 Å². The average Bonchev–Trinajstić information content (AvgIpc) is 2.77. The van der Waals surface area contributed by atoms with Gasteiger partial charge in [0.15, 0.2) is 0 Å². The lowest BCUT2D eigenvalue weighted by Gasteiger charge is -1.99. The molecule has 94 valence electrons. The Kier molecular flexibility index (Phi) is 4.43. The van der Waals surface area contributed by atoms with Gasteiger partial charge in [-0.2, -0.15) is 5.10 Å². The lowest BCUT2D eigenvalue weighted by molar-refractivity contribution is 0.624. The number of aryl methyl sites for hydroxylation is 1. The molecule has 0 fully saturated rings. The zero-order valence-corrected chi connectivity index (χ0v) is 12.1. The summed E-state index contributed by atoms with van der Waals surface area (Å²) in [5, 5.41) is 7.22. The highest BCUT2D eigenvalue weighted by Crippen LogP contribution is 2.14. The van der Waals surface area contributed by atoms with Crippen LogP contribution in [0.25, 0.3) is 0 Å². The number of hydrogen-bond acceptors (Lipinski definition) is 4. The molecule has 0 aliphatic heterocycles. The first-order valence-electron chi connectivity index (χ1n) is 5.24. The standard InChI is InChI=1S/C12H11BrFN3S/c1-8-7-18-12(16-8)17-15-6-10-3-2-9(5-13)4-11(10)14/h2-4,6-7H,5H2,1H3,(H,16,17). The molecule has 0 aliphatic carbocycles. The predicted octanol–water partition coefficient (Wildman–Crippen LogP) is 3.93. The maximum Gasteiger partial charge on any atom is 0.203 e. The fourth-order valence-corrected chi connectivity index (χ4v) is 2.31. The molecule has 0 unspecified atom stereocenters. The normalized spacial score (nSPS) is 11.1. The highest BCUT2D eigenvalue weighted by molar-refractivity contribution is 9.08. The van der Waals surface area contributed by atoms with Crippen molar-refractivity contribution in [1.82, 2.24) is 4.98 Å². The summed E-state index contributed by atoms with van der Waals surface area (Å²) in [5.74, 6) is -0.284. The molecule has 2 aromatic rings. The lowest BCUT2D eigenvalue weighted by Crippen LogP contribution is -1.94. The number of rotatable bonds is 4. The molecule has 0 aliphatic rings. The largest absolute Gasteiger partial charge is 0.253 e. The number of nitrogens with one attached hydrogen (secondary N) is 1. The molecule has 1 aromatic heterocycles. The van der Waals surface area contributed by atoms with Crippen molar-refractivity contribution in [3.63, 3.8) is 0 Å². The minimum atomic E-state index is -0.284. The summed E-state index contributed by atoms with van der Waals surface area (Å²) in [5.41, 5.74) is 5.05. The number of nitrogens with zero attached hydrogens (tertiary/aromatic N) is 2. The van der Waals surface area contributed by atoms with Gasteiger partial charge in [0.1, 0.15) is 5.82 Å². The van der Waals surface area contributed by atoms with Gasteiger partial charge in [-0.3, -0.25) is 5.43 Å². The van der Waals surface area contributed by atoms with Crippen LogP contribution in [0.1, 0.15) is 16.8 Å². The van der Waals surface area contributed by atoms with E-state index in [4.69, 9.17) is 0 Å². The number of alkyl halides is 1. The van der Waals surface area contributed by atoms with E-state index in [9.17, 15) is 4.39 Å². The number of aromatic nitrogens is 1. The summed E-state index contributed by atoms with van der Waals surface area (Å²) in [6.45, 7) is 1.91. The van der Waals surface area contributed by atoms with Crippen molar-refractivity contribution in [2.24, 2.45) is 5.10 Å². The SMILES string of the molecule is Cc1csc(NN=Cc2ccc(CBr)cc2F)n1. The molecule has 0 spiro atoms. The van der Waals surface area contributed by atoms with E-state index in [-0.39, 0.29) is 5.82 Å². The summed E-state index contributed by atoms with van der Waals surface area (Å²) < 4.78 is 13.6. The Morgan fingerprint density at radius 1 is 1.56 bits per heavy atom. The van der Waals surface area contributed by atoms with Gasteiger partial charge in [0.05, 0.1) is 11.9 Å². The van der Waals surface area contributed by atoms with Gasteiger partial charge in [0.2, 0.25) is 5.13 Å². The van der Waals surface area contributed by atoms with Gasteiger partial charge in [-0.15, -0.1) is 11.3 Å². The van der Waals surface area contributed by atoms with Gasteiger partial charge < -0.3 is 0 Å².